The summed E-state index contributed by atoms with van der Waals surface area (Å²) in [6, 6.07) is 43.4. The minimum atomic E-state index is -0.285. The first-order valence-electron chi connectivity index (χ1n) is 14.2. The van der Waals surface area contributed by atoms with Crippen LogP contribution in [0.15, 0.2) is 127 Å². The molecule has 5 aromatic carbocycles. The van der Waals surface area contributed by atoms with Gasteiger partial charge in [0.15, 0.2) is 0 Å². The largest absolute Gasteiger partial charge is 0.309 e. The summed E-state index contributed by atoms with van der Waals surface area (Å²) in [5.74, 6) is -0.285. The summed E-state index contributed by atoms with van der Waals surface area (Å²) in [4.78, 5) is 5.01. The van der Waals surface area contributed by atoms with E-state index >= 15 is 4.39 Å². The highest BCUT2D eigenvalue weighted by Crippen LogP contribution is 2.37. The molecule has 2 heterocycles. The van der Waals surface area contributed by atoms with Gasteiger partial charge >= 0.3 is 0 Å². The second kappa shape index (κ2) is 9.57. The monoisotopic (exact) mass is 530 g/mol. The molecule has 7 aromatic rings. The molecule has 0 saturated carbocycles. The number of rotatable bonds is 3. The highest BCUT2D eigenvalue weighted by molar-refractivity contribution is 6.10. The molecule has 2 nitrogen and oxygen atoms in total. The van der Waals surface area contributed by atoms with Crippen LogP contribution in [0.1, 0.15) is 17.5 Å². The second-order valence-electron chi connectivity index (χ2n) is 10.9. The maximum absolute atomic E-state index is 15.2. The van der Waals surface area contributed by atoms with Gasteiger partial charge in [0.1, 0.15) is 5.82 Å². The number of halogens is 1. The van der Waals surface area contributed by atoms with Gasteiger partial charge in [-0.2, -0.15) is 0 Å². The fraction of sp³-hybridized carbons (Fsp3) is 0.0789. The lowest BCUT2D eigenvalue weighted by molar-refractivity contribution is 0.627. The van der Waals surface area contributed by atoms with Crippen LogP contribution in [-0.2, 0) is 12.8 Å². The summed E-state index contributed by atoms with van der Waals surface area (Å²) in [7, 11) is 0. The van der Waals surface area contributed by atoms with E-state index in [0.717, 1.165) is 57.9 Å². The fourth-order valence-corrected chi connectivity index (χ4v) is 6.46. The minimum Gasteiger partial charge on any atom is -0.309 e. The number of hydrogen-bond acceptors (Lipinski definition) is 1. The maximum atomic E-state index is 15.2. The van der Waals surface area contributed by atoms with Crippen molar-refractivity contribution in [3.8, 4) is 39.3 Å². The maximum Gasteiger partial charge on any atom is 0.127 e. The van der Waals surface area contributed by atoms with Crippen LogP contribution in [0.3, 0.4) is 0 Å². The molecule has 0 amide bonds. The van der Waals surface area contributed by atoms with Gasteiger partial charge in [0.25, 0.3) is 0 Å². The van der Waals surface area contributed by atoms with Gasteiger partial charge in [-0.1, -0.05) is 78.9 Å². The summed E-state index contributed by atoms with van der Waals surface area (Å²) >= 11 is 0. The fourth-order valence-electron chi connectivity index (χ4n) is 6.46. The molecule has 0 N–H and O–H groups in total. The smallest absolute Gasteiger partial charge is 0.127 e. The van der Waals surface area contributed by atoms with Crippen molar-refractivity contribution in [1.82, 2.24) is 9.55 Å². The topological polar surface area (TPSA) is 17.8 Å². The van der Waals surface area contributed by atoms with Crippen LogP contribution in [-0.4, -0.2) is 9.55 Å². The number of nitrogens with zero attached hydrogens (tertiary/aromatic N) is 2. The molecule has 0 spiro atoms. The molecule has 0 saturated heterocycles. The lowest BCUT2D eigenvalue weighted by atomic mass is 9.94. The molecule has 2 aromatic heterocycles. The standard InChI is InChI=1S/C38H27FN2/c39-29-23-35(27-18-17-26-11-8-10-25-9-4-5-14-31(25)33(26)21-27)40-36(24-29)28-19-20-38-34(22-28)32-15-6-7-16-37(32)41(38)30-12-2-1-3-13-30/h1-7,9,12-24H,8,10-11H2. The third kappa shape index (κ3) is 4.05. The predicted molar refractivity (Wildman–Crippen MR) is 167 cm³/mol. The lowest BCUT2D eigenvalue weighted by Gasteiger charge is -2.12. The van der Waals surface area contributed by atoms with Crippen molar-refractivity contribution in [2.24, 2.45) is 0 Å². The van der Waals surface area contributed by atoms with Crippen LogP contribution in [0.4, 0.5) is 4.39 Å². The van der Waals surface area contributed by atoms with E-state index in [1.807, 2.05) is 6.07 Å². The summed E-state index contributed by atoms with van der Waals surface area (Å²) in [6.45, 7) is 0. The van der Waals surface area contributed by atoms with Crippen molar-refractivity contribution in [1.29, 1.82) is 0 Å². The van der Waals surface area contributed by atoms with Crippen LogP contribution in [0.25, 0.3) is 61.1 Å². The number of aromatic nitrogens is 2. The highest BCUT2D eigenvalue weighted by Gasteiger charge is 2.17. The number of aryl methyl sites for hydroxylation is 2. The molecule has 0 atom stereocenters. The van der Waals surface area contributed by atoms with Crippen molar-refractivity contribution in [3.63, 3.8) is 0 Å². The molecule has 0 unspecified atom stereocenters. The predicted octanol–water partition coefficient (Wildman–Crippen LogP) is 9.81. The normalized spacial score (nSPS) is 12.7. The van der Waals surface area contributed by atoms with E-state index in [1.54, 1.807) is 12.1 Å². The quantitative estimate of drug-likeness (QED) is 0.222. The highest BCUT2D eigenvalue weighted by atomic mass is 19.1. The Morgan fingerprint density at radius 1 is 0.537 bits per heavy atom. The van der Waals surface area contributed by atoms with Gasteiger partial charge in [-0.05, 0) is 77.9 Å². The van der Waals surface area contributed by atoms with Crippen molar-refractivity contribution < 1.29 is 4.39 Å². The molecule has 41 heavy (non-hydrogen) atoms. The third-order valence-electron chi connectivity index (χ3n) is 8.38. The van der Waals surface area contributed by atoms with E-state index in [4.69, 9.17) is 4.98 Å². The lowest BCUT2D eigenvalue weighted by Crippen LogP contribution is -1.94. The van der Waals surface area contributed by atoms with E-state index in [0.29, 0.717) is 11.4 Å². The van der Waals surface area contributed by atoms with Gasteiger partial charge in [0.05, 0.1) is 22.4 Å². The molecule has 0 bridgehead atoms. The first-order chi connectivity index (χ1) is 20.2. The number of benzene rings is 5. The summed E-state index contributed by atoms with van der Waals surface area (Å²) in [6.07, 6.45) is 3.25. The van der Waals surface area contributed by atoms with Gasteiger partial charge < -0.3 is 4.57 Å². The van der Waals surface area contributed by atoms with E-state index in [2.05, 4.69) is 114 Å². The minimum absolute atomic E-state index is 0.285. The molecule has 196 valence electrons. The Morgan fingerprint density at radius 3 is 2.05 bits per heavy atom. The Bertz CT molecular complexity index is 2090. The number of fused-ring (bicyclic) bond motifs is 6. The zero-order valence-corrected chi connectivity index (χ0v) is 22.5. The van der Waals surface area contributed by atoms with E-state index in [1.165, 1.54) is 22.3 Å². The Balaban J connectivity index is 1.27. The van der Waals surface area contributed by atoms with E-state index in [9.17, 15) is 0 Å². The summed E-state index contributed by atoms with van der Waals surface area (Å²) in [5.41, 5.74) is 11.7. The molecule has 3 heteroatoms. The number of para-hydroxylation sites is 2. The Kier molecular flexibility index (Phi) is 5.56. The van der Waals surface area contributed by atoms with Crippen LogP contribution in [0, 0.1) is 5.82 Å². The Hall–Kier alpha value is -5.02. The van der Waals surface area contributed by atoms with Crippen LogP contribution < -0.4 is 0 Å². The first-order valence-corrected chi connectivity index (χ1v) is 14.2. The van der Waals surface area contributed by atoms with E-state index < -0.39 is 0 Å². The van der Waals surface area contributed by atoms with Crippen LogP contribution in [0.5, 0.6) is 0 Å². The van der Waals surface area contributed by atoms with Gasteiger partial charge in [-0.15, -0.1) is 0 Å². The van der Waals surface area contributed by atoms with Crippen LogP contribution in [0.2, 0.25) is 0 Å². The molecule has 8 rings (SSSR count). The third-order valence-corrected chi connectivity index (χ3v) is 8.38. The zero-order chi connectivity index (χ0) is 27.3. The van der Waals surface area contributed by atoms with Gasteiger partial charge in [-0.25, -0.2) is 9.37 Å². The molecule has 0 aliphatic heterocycles. The van der Waals surface area contributed by atoms with Gasteiger partial charge in [0, 0.05) is 39.7 Å². The van der Waals surface area contributed by atoms with Gasteiger partial charge in [0.2, 0.25) is 0 Å². The average Bonchev–Trinajstić information content (AvgIpc) is 3.23. The van der Waals surface area contributed by atoms with Crippen molar-refractivity contribution in [3.05, 3.63) is 144 Å². The summed E-state index contributed by atoms with van der Waals surface area (Å²) in [5, 5.41) is 2.28. The first kappa shape index (κ1) is 23.8. The second-order valence-corrected chi connectivity index (χ2v) is 10.9. The Morgan fingerprint density at radius 2 is 1.20 bits per heavy atom. The van der Waals surface area contributed by atoms with Gasteiger partial charge in [-0.3, -0.25) is 0 Å². The molecule has 0 radical (unpaired) electrons. The molecular weight excluding hydrogens is 503 g/mol. The summed E-state index contributed by atoms with van der Waals surface area (Å²) < 4.78 is 17.5. The molecule has 1 aliphatic rings. The Labute approximate surface area is 238 Å². The number of hydrogen-bond donors (Lipinski definition) is 0. The molecular formula is C38H27FN2. The number of pyridine rings is 1. The van der Waals surface area contributed by atoms with Crippen LogP contribution >= 0.6 is 0 Å². The van der Waals surface area contributed by atoms with E-state index in [-0.39, 0.29) is 5.82 Å². The molecule has 1 aliphatic carbocycles. The van der Waals surface area contributed by atoms with Crippen molar-refractivity contribution in [2.75, 3.05) is 0 Å². The SMILES string of the molecule is Fc1cc(-c2ccc3c(c2)-c2ccccc2CCC3)nc(-c2ccc3c(c2)c2ccccc2n3-c2ccccc2)c1. The average molecular weight is 531 g/mol. The molecule has 0 fully saturated rings. The van der Waals surface area contributed by atoms with Crippen molar-refractivity contribution >= 4 is 21.8 Å². The zero-order valence-electron chi connectivity index (χ0n) is 22.5. The van der Waals surface area contributed by atoms with Crippen molar-refractivity contribution in [2.45, 2.75) is 19.3 Å².